The number of amidine groups is 1. The van der Waals surface area contributed by atoms with Gasteiger partial charge >= 0.3 is 0 Å². The van der Waals surface area contributed by atoms with E-state index in [4.69, 9.17) is 16.9 Å². The molecule has 1 atom stereocenters. The van der Waals surface area contributed by atoms with Crippen molar-refractivity contribution in [2.24, 2.45) is 11.5 Å². The molecule has 1 aromatic heterocycles. The average molecular weight is 224 g/mol. The van der Waals surface area contributed by atoms with Crippen molar-refractivity contribution in [3.05, 3.63) is 18.5 Å². The van der Waals surface area contributed by atoms with E-state index in [1.165, 1.54) is 0 Å². The predicted octanol–water partition coefficient (Wildman–Crippen LogP) is -1.35. The van der Waals surface area contributed by atoms with E-state index in [1.807, 2.05) is 12.3 Å². The molecule has 0 saturated heterocycles. The molecule has 88 valence electrons. The molecule has 0 fully saturated rings. The number of nitrogens with two attached hydrogens (primary N) is 2. The molecule has 1 aromatic rings. The van der Waals surface area contributed by atoms with E-state index >= 15 is 0 Å². The molecular formula is C9H16N6O. The van der Waals surface area contributed by atoms with Crippen LogP contribution in [0.1, 0.15) is 6.42 Å². The van der Waals surface area contributed by atoms with Crippen LogP contribution in [0.3, 0.4) is 0 Å². The summed E-state index contributed by atoms with van der Waals surface area (Å²) in [6.07, 6.45) is 3.55. The maximum Gasteiger partial charge on any atom is 0.237 e. The Balaban J connectivity index is 2.22. The number of carbonyl (C=O) groups is 1. The van der Waals surface area contributed by atoms with Crippen LogP contribution >= 0.6 is 0 Å². The van der Waals surface area contributed by atoms with Gasteiger partial charge in [-0.3, -0.25) is 14.9 Å². The molecule has 0 aliphatic rings. The lowest BCUT2D eigenvalue weighted by Crippen LogP contribution is -2.43. The van der Waals surface area contributed by atoms with Crippen LogP contribution in [0.2, 0.25) is 0 Å². The summed E-state index contributed by atoms with van der Waals surface area (Å²) in [7, 11) is 0. The Morgan fingerprint density at radius 3 is 2.94 bits per heavy atom. The maximum atomic E-state index is 11.4. The lowest BCUT2D eigenvalue weighted by molar-refractivity contribution is -0.122. The van der Waals surface area contributed by atoms with Crippen LogP contribution in [0.15, 0.2) is 18.5 Å². The minimum atomic E-state index is -0.755. The Bertz CT molecular complexity index is 347. The lowest BCUT2D eigenvalue weighted by atomic mass is 10.2. The maximum absolute atomic E-state index is 11.4. The van der Waals surface area contributed by atoms with Crippen molar-refractivity contribution in [1.82, 2.24) is 15.1 Å². The number of amides is 1. The molecule has 0 aliphatic heterocycles. The molecule has 7 heteroatoms. The van der Waals surface area contributed by atoms with E-state index in [1.54, 1.807) is 10.9 Å². The molecule has 0 unspecified atom stereocenters. The molecule has 0 aliphatic carbocycles. The average Bonchev–Trinajstić information content (AvgIpc) is 2.69. The number of hydrogen-bond acceptors (Lipinski definition) is 4. The summed E-state index contributed by atoms with van der Waals surface area (Å²) in [5.74, 6) is -0.392. The highest BCUT2D eigenvalue weighted by atomic mass is 16.2. The number of nitrogens with zero attached hydrogens (tertiary/aromatic N) is 2. The van der Waals surface area contributed by atoms with Crippen molar-refractivity contribution in [1.29, 1.82) is 5.41 Å². The third-order valence-electron chi connectivity index (χ3n) is 1.98. The summed E-state index contributed by atoms with van der Waals surface area (Å²) in [4.78, 5) is 11.4. The zero-order chi connectivity index (χ0) is 12.0. The summed E-state index contributed by atoms with van der Waals surface area (Å²) in [6.45, 7) is 1.04. The standard InChI is InChI=1S/C9H16N6O/c10-7(6-8(11)12)9(16)13-3-5-15-4-1-2-14-15/h1-2,4,7H,3,5-6,10H2,(H3,11,12)(H,13,16)/t7-/m1/s1. The van der Waals surface area contributed by atoms with Gasteiger partial charge in [0.15, 0.2) is 0 Å². The summed E-state index contributed by atoms with van der Waals surface area (Å²) < 4.78 is 1.71. The second-order valence-electron chi connectivity index (χ2n) is 3.40. The first-order valence-corrected chi connectivity index (χ1v) is 4.93. The van der Waals surface area contributed by atoms with Crippen molar-refractivity contribution in [3.63, 3.8) is 0 Å². The lowest BCUT2D eigenvalue weighted by Gasteiger charge is -2.11. The van der Waals surface area contributed by atoms with Gasteiger partial charge in [-0.25, -0.2) is 0 Å². The van der Waals surface area contributed by atoms with Gasteiger partial charge in [-0.2, -0.15) is 5.10 Å². The first-order valence-electron chi connectivity index (χ1n) is 4.93. The second-order valence-corrected chi connectivity index (χ2v) is 3.40. The fourth-order valence-corrected chi connectivity index (χ4v) is 1.19. The third-order valence-corrected chi connectivity index (χ3v) is 1.98. The van der Waals surface area contributed by atoms with Gasteiger partial charge in [0.25, 0.3) is 0 Å². The highest BCUT2D eigenvalue weighted by Crippen LogP contribution is 1.88. The van der Waals surface area contributed by atoms with E-state index in [2.05, 4.69) is 10.4 Å². The highest BCUT2D eigenvalue weighted by molar-refractivity contribution is 5.88. The molecule has 0 bridgehead atoms. The molecule has 16 heavy (non-hydrogen) atoms. The minimum absolute atomic E-state index is 0.0770. The van der Waals surface area contributed by atoms with E-state index < -0.39 is 6.04 Å². The first-order chi connectivity index (χ1) is 7.59. The van der Waals surface area contributed by atoms with Crippen LogP contribution in [0, 0.1) is 5.41 Å². The molecule has 6 N–H and O–H groups in total. The largest absolute Gasteiger partial charge is 0.388 e. The Hall–Kier alpha value is -1.89. The Morgan fingerprint density at radius 1 is 1.62 bits per heavy atom. The van der Waals surface area contributed by atoms with Crippen molar-refractivity contribution >= 4 is 11.7 Å². The molecule has 1 heterocycles. The van der Waals surface area contributed by atoms with Gasteiger partial charge in [0.1, 0.15) is 0 Å². The van der Waals surface area contributed by atoms with E-state index in [9.17, 15) is 4.79 Å². The molecule has 0 radical (unpaired) electrons. The van der Waals surface area contributed by atoms with E-state index in [0.29, 0.717) is 13.1 Å². The fourth-order valence-electron chi connectivity index (χ4n) is 1.19. The second kappa shape index (κ2) is 5.86. The highest BCUT2D eigenvalue weighted by Gasteiger charge is 2.13. The molecule has 7 nitrogen and oxygen atoms in total. The summed E-state index contributed by atoms with van der Waals surface area (Å²) in [5, 5.41) is 13.6. The SMILES string of the molecule is N=C(N)C[C@@H](N)C(=O)NCCn1cccn1. The van der Waals surface area contributed by atoms with Gasteiger partial charge in [-0.1, -0.05) is 0 Å². The van der Waals surface area contributed by atoms with Crippen LogP contribution in [0.25, 0.3) is 0 Å². The Labute approximate surface area is 93.3 Å². The normalized spacial score (nSPS) is 12.1. The predicted molar refractivity (Wildman–Crippen MR) is 59.7 cm³/mol. The van der Waals surface area contributed by atoms with E-state index in [0.717, 1.165) is 0 Å². The molecule has 0 spiro atoms. The van der Waals surface area contributed by atoms with E-state index in [-0.39, 0.29) is 18.2 Å². The first kappa shape index (κ1) is 12.2. The number of hydrogen-bond donors (Lipinski definition) is 4. The smallest absolute Gasteiger partial charge is 0.237 e. The number of rotatable bonds is 6. The van der Waals surface area contributed by atoms with Crippen LogP contribution in [0.5, 0.6) is 0 Å². The third kappa shape index (κ3) is 4.09. The van der Waals surface area contributed by atoms with Crippen LogP contribution in [-0.2, 0) is 11.3 Å². The Morgan fingerprint density at radius 2 is 2.38 bits per heavy atom. The summed E-state index contributed by atoms with van der Waals surface area (Å²) in [6, 6.07) is 1.05. The van der Waals surface area contributed by atoms with Gasteiger partial charge in [0, 0.05) is 25.4 Å². The topological polar surface area (TPSA) is 123 Å². The Kier molecular flexibility index (Phi) is 4.46. The molecule has 1 rings (SSSR count). The number of aromatic nitrogens is 2. The van der Waals surface area contributed by atoms with Crippen molar-refractivity contribution < 1.29 is 4.79 Å². The van der Waals surface area contributed by atoms with Crippen molar-refractivity contribution in [2.45, 2.75) is 19.0 Å². The zero-order valence-electron chi connectivity index (χ0n) is 8.89. The fraction of sp³-hybridized carbons (Fsp3) is 0.444. The van der Waals surface area contributed by atoms with Crippen molar-refractivity contribution in [3.8, 4) is 0 Å². The zero-order valence-corrected chi connectivity index (χ0v) is 8.89. The monoisotopic (exact) mass is 224 g/mol. The molecule has 0 aromatic carbocycles. The van der Waals surface area contributed by atoms with Crippen LogP contribution in [0.4, 0.5) is 0 Å². The number of carbonyl (C=O) groups excluding carboxylic acids is 1. The van der Waals surface area contributed by atoms with Crippen LogP contribution < -0.4 is 16.8 Å². The van der Waals surface area contributed by atoms with Gasteiger partial charge in [0.2, 0.25) is 5.91 Å². The van der Waals surface area contributed by atoms with Crippen LogP contribution in [-0.4, -0.2) is 34.1 Å². The molecule has 0 saturated carbocycles. The van der Waals surface area contributed by atoms with Gasteiger partial charge < -0.3 is 16.8 Å². The molecular weight excluding hydrogens is 208 g/mol. The van der Waals surface area contributed by atoms with Gasteiger partial charge in [-0.15, -0.1) is 0 Å². The quantitative estimate of drug-likeness (QED) is 0.352. The van der Waals surface area contributed by atoms with Crippen molar-refractivity contribution in [2.75, 3.05) is 6.54 Å². The molecule has 1 amide bonds. The van der Waals surface area contributed by atoms with Gasteiger partial charge in [0.05, 0.1) is 18.4 Å². The summed E-state index contributed by atoms with van der Waals surface area (Å²) in [5.41, 5.74) is 10.7. The van der Waals surface area contributed by atoms with Gasteiger partial charge in [-0.05, 0) is 6.07 Å². The summed E-state index contributed by atoms with van der Waals surface area (Å²) >= 11 is 0. The minimum Gasteiger partial charge on any atom is -0.388 e. The number of nitrogens with one attached hydrogen (secondary N) is 2.